The van der Waals surface area contributed by atoms with Crippen molar-refractivity contribution < 1.29 is 13.9 Å². The van der Waals surface area contributed by atoms with Crippen LogP contribution >= 0.6 is 0 Å². The number of hydrogen-bond acceptors (Lipinski definition) is 3. The van der Waals surface area contributed by atoms with Crippen molar-refractivity contribution in [2.24, 2.45) is 0 Å². The second-order valence-electron chi connectivity index (χ2n) is 4.68. The molecule has 0 radical (unpaired) electrons. The molecule has 1 aliphatic rings. The van der Waals surface area contributed by atoms with Crippen molar-refractivity contribution in [2.45, 2.75) is 25.3 Å². The van der Waals surface area contributed by atoms with Crippen LogP contribution in [0.5, 0.6) is 5.75 Å². The van der Waals surface area contributed by atoms with Crippen LogP contribution in [0.15, 0.2) is 18.2 Å². The van der Waals surface area contributed by atoms with Gasteiger partial charge in [-0.2, -0.15) is 0 Å². The van der Waals surface area contributed by atoms with Crippen LogP contribution < -0.4 is 15.4 Å². The molecule has 2 rings (SSSR count). The highest BCUT2D eigenvalue weighted by molar-refractivity contribution is 5.94. The zero-order valence-corrected chi connectivity index (χ0v) is 11.0. The van der Waals surface area contributed by atoms with Gasteiger partial charge >= 0.3 is 0 Å². The third-order valence-corrected chi connectivity index (χ3v) is 3.36. The lowest BCUT2D eigenvalue weighted by molar-refractivity contribution is 0.0948. The van der Waals surface area contributed by atoms with E-state index in [4.69, 9.17) is 4.74 Å². The highest BCUT2D eigenvalue weighted by Crippen LogP contribution is 2.16. The number of rotatable bonds is 5. The van der Waals surface area contributed by atoms with Crippen LogP contribution in [-0.2, 0) is 0 Å². The fourth-order valence-corrected chi connectivity index (χ4v) is 2.27. The standard InChI is InChI=1S/C14H19FN2O2/c1-19-11-4-5-12(13(15)9-11)14(18)17-8-6-10-3-2-7-16-10/h4-5,9-10,16H,2-3,6-8H2,1H3,(H,17,18). The summed E-state index contributed by atoms with van der Waals surface area (Å²) in [5.41, 5.74) is 0.0557. The first-order valence-corrected chi connectivity index (χ1v) is 6.56. The smallest absolute Gasteiger partial charge is 0.254 e. The molecule has 0 aromatic heterocycles. The molecule has 4 nitrogen and oxygen atoms in total. The average molecular weight is 266 g/mol. The van der Waals surface area contributed by atoms with Crippen LogP contribution in [0.1, 0.15) is 29.6 Å². The van der Waals surface area contributed by atoms with Gasteiger partial charge in [0, 0.05) is 18.7 Å². The maximum atomic E-state index is 13.7. The van der Waals surface area contributed by atoms with Gasteiger partial charge in [0.05, 0.1) is 12.7 Å². The summed E-state index contributed by atoms with van der Waals surface area (Å²) in [4.78, 5) is 11.8. The summed E-state index contributed by atoms with van der Waals surface area (Å²) < 4.78 is 18.6. The number of ether oxygens (including phenoxy) is 1. The highest BCUT2D eigenvalue weighted by Gasteiger charge is 2.15. The van der Waals surface area contributed by atoms with E-state index in [0.717, 1.165) is 19.4 Å². The van der Waals surface area contributed by atoms with E-state index >= 15 is 0 Å². The monoisotopic (exact) mass is 266 g/mol. The van der Waals surface area contributed by atoms with E-state index in [-0.39, 0.29) is 11.5 Å². The summed E-state index contributed by atoms with van der Waals surface area (Å²) in [5.74, 6) is -0.529. The van der Waals surface area contributed by atoms with Crippen LogP contribution in [0, 0.1) is 5.82 Å². The van der Waals surface area contributed by atoms with Crippen LogP contribution in [-0.4, -0.2) is 32.1 Å². The van der Waals surface area contributed by atoms with Gasteiger partial charge in [-0.1, -0.05) is 0 Å². The first kappa shape index (κ1) is 13.8. The van der Waals surface area contributed by atoms with Gasteiger partial charge in [-0.15, -0.1) is 0 Å². The van der Waals surface area contributed by atoms with E-state index in [9.17, 15) is 9.18 Å². The van der Waals surface area contributed by atoms with Crippen molar-refractivity contribution >= 4 is 5.91 Å². The highest BCUT2D eigenvalue weighted by atomic mass is 19.1. The third kappa shape index (κ3) is 3.67. The van der Waals surface area contributed by atoms with E-state index in [1.807, 2.05) is 0 Å². The summed E-state index contributed by atoms with van der Waals surface area (Å²) >= 11 is 0. The van der Waals surface area contributed by atoms with Crippen molar-refractivity contribution in [3.63, 3.8) is 0 Å². The molecule has 2 N–H and O–H groups in total. The molecule has 0 saturated carbocycles. The van der Waals surface area contributed by atoms with E-state index in [2.05, 4.69) is 10.6 Å². The van der Waals surface area contributed by atoms with Gasteiger partial charge in [-0.05, 0) is 37.9 Å². The minimum Gasteiger partial charge on any atom is -0.497 e. The molecule has 1 heterocycles. The molecule has 5 heteroatoms. The number of nitrogens with one attached hydrogen (secondary N) is 2. The Hall–Kier alpha value is -1.62. The third-order valence-electron chi connectivity index (χ3n) is 3.36. The lowest BCUT2D eigenvalue weighted by atomic mass is 10.1. The largest absolute Gasteiger partial charge is 0.497 e. The molecule has 1 aliphatic heterocycles. The predicted octanol–water partition coefficient (Wildman–Crippen LogP) is 1.71. The Kier molecular flexibility index (Phi) is 4.74. The van der Waals surface area contributed by atoms with Crippen LogP contribution in [0.4, 0.5) is 4.39 Å². The Labute approximate surface area is 112 Å². The van der Waals surface area contributed by atoms with E-state index in [0.29, 0.717) is 18.3 Å². The van der Waals surface area contributed by atoms with Gasteiger partial charge in [0.2, 0.25) is 0 Å². The van der Waals surface area contributed by atoms with E-state index < -0.39 is 5.82 Å². The first-order chi connectivity index (χ1) is 9.20. The second kappa shape index (κ2) is 6.52. The normalized spacial score (nSPS) is 18.3. The van der Waals surface area contributed by atoms with Gasteiger partial charge < -0.3 is 15.4 Å². The number of halogens is 1. The predicted molar refractivity (Wildman–Crippen MR) is 70.9 cm³/mol. The number of carbonyl (C=O) groups excluding carboxylic acids is 1. The quantitative estimate of drug-likeness (QED) is 0.853. The zero-order chi connectivity index (χ0) is 13.7. The SMILES string of the molecule is COc1ccc(C(=O)NCCC2CCCN2)c(F)c1. The summed E-state index contributed by atoms with van der Waals surface area (Å²) in [6, 6.07) is 4.71. The topological polar surface area (TPSA) is 50.4 Å². The number of carbonyl (C=O) groups is 1. The van der Waals surface area contributed by atoms with Crippen molar-refractivity contribution in [3.05, 3.63) is 29.6 Å². The molecule has 1 aromatic carbocycles. The Morgan fingerprint density at radius 3 is 3.05 bits per heavy atom. The maximum Gasteiger partial charge on any atom is 0.254 e. The fourth-order valence-electron chi connectivity index (χ4n) is 2.27. The van der Waals surface area contributed by atoms with Gasteiger partial charge in [-0.3, -0.25) is 4.79 Å². The summed E-state index contributed by atoms with van der Waals surface area (Å²) in [7, 11) is 1.46. The molecule has 1 amide bonds. The fraction of sp³-hybridized carbons (Fsp3) is 0.500. The Morgan fingerprint density at radius 1 is 1.58 bits per heavy atom. The minimum atomic E-state index is -0.559. The van der Waals surface area contributed by atoms with Crippen molar-refractivity contribution in [3.8, 4) is 5.75 Å². The number of benzene rings is 1. The molecular weight excluding hydrogens is 247 g/mol. The molecule has 1 atom stereocenters. The lowest BCUT2D eigenvalue weighted by Gasteiger charge is -2.11. The van der Waals surface area contributed by atoms with Gasteiger partial charge in [0.1, 0.15) is 11.6 Å². The van der Waals surface area contributed by atoms with Crippen LogP contribution in [0.3, 0.4) is 0 Å². The number of hydrogen-bond donors (Lipinski definition) is 2. The molecule has 0 aliphatic carbocycles. The first-order valence-electron chi connectivity index (χ1n) is 6.56. The molecule has 0 spiro atoms. The van der Waals surface area contributed by atoms with Crippen molar-refractivity contribution in [1.29, 1.82) is 0 Å². The van der Waals surface area contributed by atoms with Crippen molar-refractivity contribution in [1.82, 2.24) is 10.6 Å². The molecule has 1 fully saturated rings. The molecule has 19 heavy (non-hydrogen) atoms. The summed E-state index contributed by atoms with van der Waals surface area (Å²) in [6.45, 7) is 1.60. The van der Waals surface area contributed by atoms with Crippen LogP contribution in [0.25, 0.3) is 0 Å². The molecule has 1 aromatic rings. The van der Waals surface area contributed by atoms with Gasteiger partial charge in [0.25, 0.3) is 5.91 Å². The summed E-state index contributed by atoms with van der Waals surface area (Å²) in [6.07, 6.45) is 3.21. The summed E-state index contributed by atoms with van der Waals surface area (Å²) in [5, 5.41) is 6.10. The molecule has 0 bridgehead atoms. The second-order valence-corrected chi connectivity index (χ2v) is 4.68. The lowest BCUT2D eigenvalue weighted by Crippen LogP contribution is -2.31. The molecule has 1 saturated heterocycles. The Balaban J connectivity index is 1.85. The van der Waals surface area contributed by atoms with E-state index in [1.54, 1.807) is 6.07 Å². The average Bonchev–Trinajstić information content (AvgIpc) is 2.91. The minimum absolute atomic E-state index is 0.0557. The van der Waals surface area contributed by atoms with Gasteiger partial charge in [-0.25, -0.2) is 4.39 Å². The number of methoxy groups -OCH3 is 1. The van der Waals surface area contributed by atoms with E-state index in [1.165, 1.54) is 25.7 Å². The maximum absolute atomic E-state index is 13.7. The number of amides is 1. The van der Waals surface area contributed by atoms with Gasteiger partial charge in [0.15, 0.2) is 0 Å². The van der Waals surface area contributed by atoms with Crippen molar-refractivity contribution in [2.75, 3.05) is 20.2 Å². The molecular formula is C14H19FN2O2. The Morgan fingerprint density at radius 2 is 2.42 bits per heavy atom. The van der Waals surface area contributed by atoms with Crippen LogP contribution in [0.2, 0.25) is 0 Å². The molecule has 104 valence electrons. The zero-order valence-electron chi connectivity index (χ0n) is 11.0. The Bertz CT molecular complexity index is 445. The molecule has 1 unspecified atom stereocenters.